The van der Waals surface area contributed by atoms with E-state index in [4.69, 9.17) is 36.0 Å². The van der Waals surface area contributed by atoms with Gasteiger partial charge in [0.25, 0.3) is 0 Å². The summed E-state index contributed by atoms with van der Waals surface area (Å²) in [5.74, 6) is 0. The van der Waals surface area contributed by atoms with Crippen LogP contribution in [0.1, 0.15) is 0 Å². The summed E-state index contributed by atoms with van der Waals surface area (Å²) in [6, 6.07) is 7.20. The van der Waals surface area contributed by atoms with Crippen LogP contribution in [0.5, 0.6) is 0 Å². The fourth-order valence-corrected chi connectivity index (χ4v) is 1.22. The van der Waals surface area contributed by atoms with Crippen LogP contribution >= 0.6 is 36.0 Å². The molecule has 16 heavy (non-hydrogen) atoms. The number of nitrogens with one attached hydrogen (secondary N) is 4. The second-order valence-corrected chi connectivity index (χ2v) is 4.04. The summed E-state index contributed by atoms with van der Waals surface area (Å²) in [7, 11) is 1.71. The first-order chi connectivity index (χ1) is 7.61. The number of anilines is 1. The van der Waals surface area contributed by atoms with Crippen molar-refractivity contribution < 1.29 is 0 Å². The minimum atomic E-state index is 0.417. The van der Waals surface area contributed by atoms with E-state index < -0.39 is 0 Å². The van der Waals surface area contributed by atoms with Gasteiger partial charge in [-0.2, -0.15) is 0 Å². The highest BCUT2D eigenvalue weighted by atomic mass is 35.5. The fraction of sp³-hybridized carbons (Fsp3) is 0.111. The van der Waals surface area contributed by atoms with E-state index in [9.17, 15) is 0 Å². The summed E-state index contributed by atoms with van der Waals surface area (Å²) in [6.45, 7) is 0. The predicted octanol–water partition coefficient (Wildman–Crippen LogP) is 1.64. The number of hydrogen-bond donors (Lipinski definition) is 4. The molecule has 0 fully saturated rings. The van der Waals surface area contributed by atoms with Crippen molar-refractivity contribution in [3.05, 3.63) is 29.3 Å². The van der Waals surface area contributed by atoms with Crippen molar-refractivity contribution in [2.24, 2.45) is 0 Å². The topological polar surface area (TPSA) is 48.1 Å². The number of halogens is 1. The lowest BCUT2D eigenvalue weighted by Crippen LogP contribution is -2.47. The molecule has 7 heteroatoms. The van der Waals surface area contributed by atoms with E-state index in [1.54, 1.807) is 19.2 Å². The fourth-order valence-electron chi connectivity index (χ4n) is 0.872. The molecule has 4 nitrogen and oxygen atoms in total. The van der Waals surface area contributed by atoms with E-state index >= 15 is 0 Å². The summed E-state index contributed by atoms with van der Waals surface area (Å²) >= 11 is 15.7. The first-order valence-electron chi connectivity index (χ1n) is 4.42. The first-order valence-corrected chi connectivity index (χ1v) is 5.61. The van der Waals surface area contributed by atoms with Crippen molar-refractivity contribution in [3.8, 4) is 0 Å². The van der Waals surface area contributed by atoms with Gasteiger partial charge in [-0.15, -0.1) is 0 Å². The standard InChI is InChI=1S/C9H11ClN4S2/c1-11-8(15)13-14-9(16)12-7-4-2-6(10)3-5-7/h2-5H,1H3,(H2,11,13,15)(H2,12,14,16). The van der Waals surface area contributed by atoms with Crippen molar-refractivity contribution in [1.29, 1.82) is 0 Å². The molecule has 0 saturated carbocycles. The number of rotatable bonds is 1. The largest absolute Gasteiger partial charge is 0.364 e. The lowest BCUT2D eigenvalue weighted by molar-refractivity contribution is 0.853. The zero-order chi connectivity index (χ0) is 12.0. The number of hydrogen-bond acceptors (Lipinski definition) is 2. The van der Waals surface area contributed by atoms with Crippen molar-refractivity contribution in [1.82, 2.24) is 16.2 Å². The molecule has 0 saturated heterocycles. The number of thiocarbonyl (C=S) groups is 2. The van der Waals surface area contributed by atoms with Crippen molar-refractivity contribution >= 4 is 51.9 Å². The van der Waals surface area contributed by atoms with E-state index in [1.807, 2.05) is 12.1 Å². The third-order valence-electron chi connectivity index (χ3n) is 1.62. The smallest absolute Gasteiger partial charge is 0.189 e. The molecule has 0 aromatic heterocycles. The van der Waals surface area contributed by atoms with E-state index in [1.165, 1.54) is 0 Å². The Morgan fingerprint density at radius 3 is 2.19 bits per heavy atom. The van der Waals surface area contributed by atoms with Crippen LogP contribution in [0.15, 0.2) is 24.3 Å². The van der Waals surface area contributed by atoms with Gasteiger partial charge in [0, 0.05) is 17.8 Å². The Bertz CT molecular complexity index is 380. The van der Waals surface area contributed by atoms with Crippen LogP contribution in [0.25, 0.3) is 0 Å². The molecule has 0 spiro atoms. The Morgan fingerprint density at radius 1 is 1.06 bits per heavy atom. The van der Waals surface area contributed by atoms with Crippen LogP contribution in [0.3, 0.4) is 0 Å². The summed E-state index contributed by atoms with van der Waals surface area (Å²) in [5, 5.41) is 7.26. The van der Waals surface area contributed by atoms with Gasteiger partial charge in [0.15, 0.2) is 10.2 Å². The Morgan fingerprint density at radius 2 is 1.62 bits per heavy atom. The Kier molecular flexibility index (Phi) is 5.24. The van der Waals surface area contributed by atoms with Crippen molar-refractivity contribution in [3.63, 3.8) is 0 Å². The van der Waals surface area contributed by atoms with Crippen LogP contribution in [0.4, 0.5) is 5.69 Å². The number of benzene rings is 1. The molecule has 0 radical (unpaired) electrons. The molecule has 0 unspecified atom stereocenters. The van der Waals surface area contributed by atoms with Crippen LogP contribution in [-0.2, 0) is 0 Å². The predicted molar refractivity (Wildman–Crippen MR) is 75.6 cm³/mol. The van der Waals surface area contributed by atoms with Crippen LogP contribution in [0.2, 0.25) is 5.02 Å². The van der Waals surface area contributed by atoms with Gasteiger partial charge in [0.1, 0.15) is 0 Å². The van der Waals surface area contributed by atoms with E-state index in [-0.39, 0.29) is 0 Å². The number of hydrazine groups is 1. The highest BCUT2D eigenvalue weighted by Gasteiger charge is 1.97. The molecule has 0 heterocycles. The second kappa shape index (κ2) is 6.47. The van der Waals surface area contributed by atoms with Crippen molar-refractivity contribution in [2.75, 3.05) is 12.4 Å². The van der Waals surface area contributed by atoms with Gasteiger partial charge in [-0.3, -0.25) is 10.9 Å². The molecule has 1 rings (SSSR count). The average molecular weight is 275 g/mol. The summed E-state index contributed by atoms with van der Waals surface area (Å²) < 4.78 is 0. The van der Waals surface area contributed by atoms with Gasteiger partial charge in [0.2, 0.25) is 0 Å². The van der Waals surface area contributed by atoms with Gasteiger partial charge >= 0.3 is 0 Å². The molecular formula is C9H11ClN4S2. The minimum Gasteiger partial charge on any atom is -0.364 e. The molecule has 0 amide bonds. The second-order valence-electron chi connectivity index (χ2n) is 2.79. The molecule has 0 aliphatic heterocycles. The van der Waals surface area contributed by atoms with Gasteiger partial charge in [-0.1, -0.05) is 11.6 Å². The molecule has 0 bridgehead atoms. The summed E-state index contributed by atoms with van der Waals surface area (Å²) in [6.07, 6.45) is 0. The highest BCUT2D eigenvalue weighted by molar-refractivity contribution is 7.80. The molecule has 86 valence electrons. The molecule has 1 aromatic carbocycles. The monoisotopic (exact) mass is 274 g/mol. The Hall–Kier alpha value is -1.11. The maximum absolute atomic E-state index is 5.76. The lowest BCUT2D eigenvalue weighted by atomic mass is 10.3. The van der Waals surface area contributed by atoms with E-state index in [0.29, 0.717) is 15.2 Å². The highest BCUT2D eigenvalue weighted by Crippen LogP contribution is 2.12. The Balaban J connectivity index is 2.40. The van der Waals surface area contributed by atoms with Gasteiger partial charge in [-0.05, 0) is 48.7 Å². The third-order valence-corrected chi connectivity index (χ3v) is 2.38. The van der Waals surface area contributed by atoms with Crippen LogP contribution in [-0.4, -0.2) is 17.3 Å². The normalized spacial score (nSPS) is 9.12. The summed E-state index contributed by atoms with van der Waals surface area (Å²) in [4.78, 5) is 0. The van der Waals surface area contributed by atoms with Crippen LogP contribution < -0.4 is 21.5 Å². The summed E-state index contributed by atoms with van der Waals surface area (Å²) in [5.41, 5.74) is 6.28. The van der Waals surface area contributed by atoms with E-state index in [0.717, 1.165) is 5.69 Å². The molecule has 1 aromatic rings. The average Bonchev–Trinajstić information content (AvgIpc) is 2.29. The minimum absolute atomic E-state index is 0.417. The zero-order valence-corrected chi connectivity index (χ0v) is 10.9. The molecule has 0 atom stereocenters. The molecule has 0 aliphatic carbocycles. The molecule has 4 N–H and O–H groups in total. The quantitative estimate of drug-likeness (QED) is 0.461. The SMILES string of the molecule is CNC(=S)NNC(=S)Nc1ccc(Cl)cc1. The lowest BCUT2D eigenvalue weighted by Gasteiger charge is -2.12. The van der Waals surface area contributed by atoms with E-state index in [2.05, 4.69) is 21.5 Å². The first kappa shape index (κ1) is 13.0. The maximum atomic E-state index is 5.76. The van der Waals surface area contributed by atoms with Gasteiger partial charge in [-0.25, -0.2) is 0 Å². The molecular weight excluding hydrogens is 264 g/mol. The maximum Gasteiger partial charge on any atom is 0.189 e. The van der Waals surface area contributed by atoms with Gasteiger partial charge < -0.3 is 10.6 Å². The van der Waals surface area contributed by atoms with Crippen molar-refractivity contribution in [2.45, 2.75) is 0 Å². The van der Waals surface area contributed by atoms with Gasteiger partial charge in [0.05, 0.1) is 0 Å². The Labute approximate surface area is 110 Å². The zero-order valence-electron chi connectivity index (χ0n) is 8.50. The molecule has 0 aliphatic rings. The third kappa shape index (κ3) is 4.61. The van der Waals surface area contributed by atoms with Crippen LogP contribution in [0, 0.1) is 0 Å².